The lowest BCUT2D eigenvalue weighted by atomic mass is 10.1. The number of carboxylic acid groups (broad SMARTS) is 1. The van der Waals surface area contributed by atoms with Crippen molar-refractivity contribution >= 4 is 5.97 Å². The minimum absolute atomic E-state index is 0.0367. The van der Waals surface area contributed by atoms with Crippen LogP contribution in [0.4, 0.5) is 0 Å². The Balaban J connectivity index is 2.20. The Hall–Kier alpha value is -1.03. The third-order valence-corrected chi connectivity index (χ3v) is 1.56. The number of aliphatic carboxylic acids is 1. The van der Waals surface area contributed by atoms with Crippen LogP contribution in [0.1, 0.15) is 6.42 Å². The second-order valence-electron chi connectivity index (χ2n) is 2.48. The molecular formula is C7H12N2O2. The Morgan fingerprint density at radius 1 is 1.82 bits per heavy atom. The third-order valence-electron chi connectivity index (χ3n) is 1.56. The van der Waals surface area contributed by atoms with Gasteiger partial charge in [-0.05, 0) is 12.6 Å². The van der Waals surface area contributed by atoms with Crippen molar-refractivity contribution in [1.82, 2.24) is 10.6 Å². The van der Waals surface area contributed by atoms with E-state index in [1.165, 1.54) is 0 Å². The van der Waals surface area contributed by atoms with Crippen LogP contribution in [0, 0.1) is 0 Å². The van der Waals surface area contributed by atoms with E-state index in [1.807, 2.05) is 12.3 Å². The third kappa shape index (κ3) is 3.04. The molecule has 1 aliphatic rings. The number of carboxylic acids is 1. The van der Waals surface area contributed by atoms with Crippen molar-refractivity contribution in [2.45, 2.75) is 12.5 Å². The van der Waals surface area contributed by atoms with Gasteiger partial charge in [-0.1, -0.05) is 6.08 Å². The maximum atomic E-state index is 10.1. The van der Waals surface area contributed by atoms with Crippen LogP contribution in [0.15, 0.2) is 12.3 Å². The highest BCUT2D eigenvalue weighted by molar-refractivity contribution is 5.69. The van der Waals surface area contributed by atoms with Gasteiger partial charge in [-0.2, -0.15) is 0 Å². The first kappa shape index (κ1) is 8.07. The van der Waals surface area contributed by atoms with Crippen LogP contribution in [0.3, 0.4) is 0 Å². The van der Waals surface area contributed by atoms with Crippen molar-refractivity contribution in [3.63, 3.8) is 0 Å². The van der Waals surface area contributed by atoms with Crippen molar-refractivity contribution in [3.05, 3.63) is 12.3 Å². The van der Waals surface area contributed by atoms with Crippen molar-refractivity contribution in [2.75, 3.05) is 13.1 Å². The molecule has 0 spiro atoms. The summed E-state index contributed by atoms with van der Waals surface area (Å²) in [6.45, 7) is 0.947. The summed E-state index contributed by atoms with van der Waals surface area (Å²) in [5, 5.41) is 14.3. The summed E-state index contributed by atoms with van der Waals surface area (Å²) < 4.78 is 0. The minimum atomic E-state index is -0.808. The monoisotopic (exact) mass is 156 g/mol. The summed E-state index contributed by atoms with van der Waals surface area (Å²) in [7, 11) is 0. The molecule has 0 saturated heterocycles. The van der Waals surface area contributed by atoms with Crippen LogP contribution < -0.4 is 10.6 Å². The molecule has 62 valence electrons. The highest BCUT2D eigenvalue weighted by Gasteiger charge is 2.07. The zero-order valence-electron chi connectivity index (χ0n) is 6.21. The smallest absolute Gasteiger partial charge is 0.317 e. The molecule has 1 aliphatic heterocycles. The van der Waals surface area contributed by atoms with Gasteiger partial charge in [0.1, 0.15) is 0 Å². The maximum absolute atomic E-state index is 10.1. The molecule has 0 radical (unpaired) electrons. The van der Waals surface area contributed by atoms with Crippen molar-refractivity contribution < 1.29 is 9.90 Å². The van der Waals surface area contributed by atoms with Crippen LogP contribution in [0.5, 0.6) is 0 Å². The number of hydrogen-bond acceptors (Lipinski definition) is 3. The first-order valence-corrected chi connectivity index (χ1v) is 3.64. The van der Waals surface area contributed by atoms with E-state index < -0.39 is 5.97 Å². The average Bonchev–Trinajstić information content (AvgIpc) is 2.03. The summed E-state index contributed by atoms with van der Waals surface area (Å²) in [6.07, 6.45) is 4.74. The Morgan fingerprint density at radius 3 is 3.18 bits per heavy atom. The van der Waals surface area contributed by atoms with Gasteiger partial charge in [-0.3, -0.25) is 4.79 Å². The molecule has 1 atom stereocenters. The second-order valence-corrected chi connectivity index (χ2v) is 2.48. The van der Waals surface area contributed by atoms with Crippen LogP contribution in [-0.2, 0) is 4.79 Å². The van der Waals surface area contributed by atoms with Gasteiger partial charge >= 0.3 is 5.97 Å². The maximum Gasteiger partial charge on any atom is 0.317 e. The lowest BCUT2D eigenvalue weighted by Crippen LogP contribution is -2.36. The Bertz CT molecular complexity index is 168. The first-order valence-electron chi connectivity index (χ1n) is 3.64. The van der Waals surface area contributed by atoms with Gasteiger partial charge in [-0.25, -0.2) is 0 Å². The number of rotatable bonds is 3. The average molecular weight is 156 g/mol. The van der Waals surface area contributed by atoms with E-state index in [0.29, 0.717) is 0 Å². The zero-order valence-corrected chi connectivity index (χ0v) is 6.21. The van der Waals surface area contributed by atoms with Crippen molar-refractivity contribution in [2.24, 2.45) is 0 Å². The first-order chi connectivity index (χ1) is 5.29. The normalized spacial score (nSPS) is 22.7. The molecule has 0 aromatic rings. The molecule has 3 N–H and O–H groups in total. The molecule has 4 heteroatoms. The van der Waals surface area contributed by atoms with Gasteiger partial charge < -0.3 is 15.7 Å². The number of nitrogens with one attached hydrogen (secondary N) is 2. The predicted molar refractivity (Wildman–Crippen MR) is 41.2 cm³/mol. The minimum Gasteiger partial charge on any atom is -0.480 e. The standard InChI is InChI=1S/C7H12N2O2/c10-7(11)5-9-6-1-3-8-4-2-6/h1,3,6,8-9H,2,4-5H2,(H,10,11). The molecule has 1 heterocycles. The van der Waals surface area contributed by atoms with Gasteiger partial charge in [-0.15, -0.1) is 0 Å². The highest BCUT2D eigenvalue weighted by Crippen LogP contribution is 1.96. The fourth-order valence-corrected chi connectivity index (χ4v) is 0.991. The summed E-state index contributed by atoms with van der Waals surface area (Å²) >= 11 is 0. The van der Waals surface area contributed by atoms with Crippen molar-refractivity contribution in [3.8, 4) is 0 Å². The Kier molecular flexibility index (Phi) is 2.92. The van der Waals surface area contributed by atoms with Gasteiger partial charge in [0.15, 0.2) is 0 Å². The number of carbonyl (C=O) groups is 1. The highest BCUT2D eigenvalue weighted by atomic mass is 16.4. The second kappa shape index (κ2) is 3.98. The summed E-state index contributed by atoms with van der Waals surface area (Å²) in [4.78, 5) is 10.1. The van der Waals surface area contributed by atoms with Crippen LogP contribution in [0.25, 0.3) is 0 Å². The summed E-state index contributed by atoms with van der Waals surface area (Å²) in [5.74, 6) is -0.808. The van der Waals surface area contributed by atoms with E-state index in [1.54, 1.807) is 0 Å². The Labute approximate surface area is 65.3 Å². The molecule has 0 amide bonds. The van der Waals surface area contributed by atoms with E-state index in [9.17, 15) is 4.79 Å². The molecular weight excluding hydrogens is 144 g/mol. The van der Waals surface area contributed by atoms with E-state index in [0.717, 1.165) is 13.0 Å². The van der Waals surface area contributed by atoms with E-state index in [2.05, 4.69) is 10.6 Å². The molecule has 0 bridgehead atoms. The lowest BCUT2D eigenvalue weighted by molar-refractivity contribution is -0.136. The molecule has 11 heavy (non-hydrogen) atoms. The Morgan fingerprint density at radius 2 is 2.64 bits per heavy atom. The van der Waals surface area contributed by atoms with Crippen molar-refractivity contribution in [1.29, 1.82) is 0 Å². The number of hydrogen-bond donors (Lipinski definition) is 3. The van der Waals surface area contributed by atoms with Gasteiger partial charge in [0.25, 0.3) is 0 Å². The molecule has 0 fully saturated rings. The molecule has 1 rings (SSSR count). The van der Waals surface area contributed by atoms with E-state index in [4.69, 9.17) is 5.11 Å². The molecule has 0 aliphatic carbocycles. The van der Waals surface area contributed by atoms with Gasteiger partial charge in [0.2, 0.25) is 0 Å². The SMILES string of the molecule is O=C(O)CNC1C=CNCC1. The molecule has 0 saturated carbocycles. The van der Waals surface area contributed by atoms with E-state index >= 15 is 0 Å². The summed E-state index contributed by atoms with van der Waals surface area (Å²) in [6, 6.07) is 0.215. The van der Waals surface area contributed by atoms with Crippen LogP contribution in [0.2, 0.25) is 0 Å². The van der Waals surface area contributed by atoms with Gasteiger partial charge in [0.05, 0.1) is 6.54 Å². The van der Waals surface area contributed by atoms with Crippen LogP contribution in [-0.4, -0.2) is 30.2 Å². The molecule has 1 unspecified atom stereocenters. The summed E-state index contributed by atoms with van der Waals surface area (Å²) in [5.41, 5.74) is 0. The quantitative estimate of drug-likeness (QED) is 0.517. The predicted octanol–water partition coefficient (Wildman–Crippen LogP) is -0.464. The largest absolute Gasteiger partial charge is 0.480 e. The zero-order chi connectivity index (χ0) is 8.10. The van der Waals surface area contributed by atoms with E-state index in [-0.39, 0.29) is 12.6 Å². The van der Waals surface area contributed by atoms with Crippen LogP contribution >= 0.6 is 0 Å². The van der Waals surface area contributed by atoms with Gasteiger partial charge in [0, 0.05) is 12.6 Å². The fraction of sp³-hybridized carbons (Fsp3) is 0.571. The topological polar surface area (TPSA) is 61.4 Å². The molecule has 0 aromatic carbocycles. The molecule has 0 aromatic heterocycles. The lowest BCUT2D eigenvalue weighted by Gasteiger charge is -2.17. The fourth-order valence-electron chi connectivity index (χ4n) is 0.991. The molecule has 4 nitrogen and oxygen atoms in total.